The third-order valence-electron chi connectivity index (χ3n) is 3.59. The maximum atomic E-state index is 11.4. The van der Waals surface area contributed by atoms with Gasteiger partial charge in [-0.2, -0.15) is 0 Å². The van der Waals surface area contributed by atoms with Gasteiger partial charge in [0, 0.05) is 18.5 Å². The van der Waals surface area contributed by atoms with Crippen LogP contribution in [-0.2, 0) is 16.4 Å². The molecule has 0 saturated heterocycles. The molecule has 2 aromatic carbocycles. The molecule has 21 heavy (non-hydrogen) atoms. The Labute approximate surface area is 126 Å². The summed E-state index contributed by atoms with van der Waals surface area (Å²) in [5.74, 6) is 0. The number of nitrogens with one attached hydrogen (secondary N) is 1. The van der Waals surface area contributed by atoms with Crippen molar-refractivity contribution >= 4 is 15.5 Å². The monoisotopic (exact) mass is 303 g/mol. The second-order valence-corrected chi connectivity index (χ2v) is 7.54. The summed E-state index contributed by atoms with van der Waals surface area (Å²) in [4.78, 5) is 0.343. The molecule has 0 atom stereocenters. The zero-order valence-corrected chi connectivity index (χ0v) is 13.7. The molecule has 0 aliphatic heterocycles. The van der Waals surface area contributed by atoms with Gasteiger partial charge in [0.05, 0.1) is 4.90 Å². The standard InChI is InChI=1S/C17H21NO2S/c1-12-9-13(2)17(14(3)10-12)11-18-15-5-7-16(8-6-15)21(4,19)20/h5-10,18H,11H2,1-4H3. The first-order valence-electron chi connectivity index (χ1n) is 6.88. The highest BCUT2D eigenvalue weighted by molar-refractivity contribution is 7.90. The van der Waals surface area contributed by atoms with Gasteiger partial charge in [-0.3, -0.25) is 0 Å². The van der Waals surface area contributed by atoms with E-state index >= 15 is 0 Å². The Morgan fingerprint density at radius 2 is 1.48 bits per heavy atom. The molecule has 0 fully saturated rings. The van der Waals surface area contributed by atoms with Gasteiger partial charge in [0.1, 0.15) is 0 Å². The van der Waals surface area contributed by atoms with Gasteiger partial charge in [0.25, 0.3) is 0 Å². The zero-order chi connectivity index (χ0) is 15.6. The Morgan fingerprint density at radius 1 is 0.952 bits per heavy atom. The van der Waals surface area contributed by atoms with Gasteiger partial charge < -0.3 is 5.32 Å². The lowest BCUT2D eigenvalue weighted by Gasteiger charge is -2.13. The zero-order valence-electron chi connectivity index (χ0n) is 12.9. The molecular weight excluding hydrogens is 282 g/mol. The Bertz CT molecular complexity index is 724. The molecule has 0 aliphatic rings. The SMILES string of the molecule is Cc1cc(C)c(CNc2ccc(S(C)(=O)=O)cc2)c(C)c1. The second kappa shape index (κ2) is 5.90. The van der Waals surface area contributed by atoms with Crippen molar-refractivity contribution in [3.05, 3.63) is 58.7 Å². The molecule has 2 rings (SSSR count). The molecule has 0 saturated carbocycles. The minimum absolute atomic E-state index is 0.343. The Hall–Kier alpha value is -1.81. The van der Waals surface area contributed by atoms with Crippen molar-refractivity contribution in [1.29, 1.82) is 0 Å². The lowest BCUT2D eigenvalue weighted by Crippen LogP contribution is -2.04. The predicted octanol–water partition coefficient (Wildman–Crippen LogP) is 3.63. The van der Waals surface area contributed by atoms with Gasteiger partial charge in [-0.1, -0.05) is 17.7 Å². The van der Waals surface area contributed by atoms with E-state index in [-0.39, 0.29) is 0 Å². The van der Waals surface area contributed by atoms with Gasteiger partial charge in [0.15, 0.2) is 9.84 Å². The van der Waals surface area contributed by atoms with Crippen LogP contribution in [0.1, 0.15) is 22.3 Å². The van der Waals surface area contributed by atoms with Crippen LogP contribution < -0.4 is 5.32 Å². The van der Waals surface area contributed by atoms with Crippen molar-refractivity contribution in [2.24, 2.45) is 0 Å². The van der Waals surface area contributed by atoms with Crippen LogP contribution in [0.4, 0.5) is 5.69 Å². The fourth-order valence-corrected chi connectivity index (χ4v) is 3.13. The smallest absolute Gasteiger partial charge is 0.175 e. The summed E-state index contributed by atoms with van der Waals surface area (Å²) in [7, 11) is -3.13. The summed E-state index contributed by atoms with van der Waals surface area (Å²) in [5.41, 5.74) is 6.02. The lowest BCUT2D eigenvalue weighted by atomic mass is 10.00. The molecule has 0 unspecified atom stereocenters. The molecule has 0 bridgehead atoms. The molecule has 112 valence electrons. The highest BCUT2D eigenvalue weighted by Gasteiger charge is 2.07. The van der Waals surface area contributed by atoms with Crippen LogP contribution in [0.25, 0.3) is 0 Å². The highest BCUT2D eigenvalue weighted by Crippen LogP contribution is 2.19. The average Bonchev–Trinajstić information content (AvgIpc) is 2.37. The maximum Gasteiger partial charge on any atom is 0.175 e. The fraction of sp³-hybridized carbons (Fsp3) is 0.294. The first-order chi connectivity index (χ1) is 9.77. The third kappa shape index (κ3) is 3.85. The number of hydrogen-bond acceptors (Lipinski definition) is 3. The molecule has 0 aromatic heterocycles. The van der Waals surface area contributed by atoms with Gasteiger partial charge in [-0.15, -0.1) is 0 Å². The van der Waals surface area contributed by atoms with Gasteiger partial charge >= 0.3 is 0 Å². The minimum Gasteiger partial charge on any atom is -0.381 e. The van der Waals surface area contributed by atoms with Crippen molar-refractivity contribution in [3.63, 3.8) is 0 Å². The van der Waals surface area contributed by atoms with Crippen molar-refractivity contribution < 1.29 is 8.42 Å². The molecule has 0 spiro atoms. The molecular formula is C17H21NO2S. The summed E-state index contributed by atoms with van der Waals surface area (Å²) < 4.78 is 22.8. The van der Waals surface area contributed by atoms with Crippen LogP contribution in [0, 0.1) is 20.8 Å². The van der Waals surface area contributed by atoms with E-state index < -0.39 is 9.84 Å². The highest BCUT2D eigenvalue weighted by atomic mass is 32.2. The quantitative estimate of drug-likeness (QED) is 0.938. The van der Waals surface area contributed by atoms with Gasteiger partial charge in [-0.25, -0.2) is 8.42 Å². The van der Waals surface area contributed by atoms with E-state index in [0.717, 1.165) is 12.2 Å². The van der Waals surface area contributed by atoms with Crippen LogP contribution in [0.5, 0.6) is 0 Å². The van der Waals surface area contributed by atoms with E-state index in [1.807, 2.05) is 0 Å². The summed E-state index contributed by atoms with van der Waals surface area (Å²) >= 11 is 0. The van der Waals surface area contributed by atoms with E-state index in [4.69, 9.17) is 0 Å². The van der Waals surface area contributed by atoms with Gasteiger partial charge in [-0.05, 0) is 61.7 Å². The number of hydrogen-bond donors (Lipinski definition) is 1. The number of benzene rings is 2. The molecule has 0 heterocycles. The van der Waals surface area contributed by atoms with Crippen LogP contribution in [0.2, 0.25) is 0 Å². The number of rotatable bonds is 4. The number of aryl methyl sites for hydroxylation is 3. The second-order valence-electron chi connectivity index (χ2n) is 5.53. The van der Waals surface area contributed by atoms with Gasteiger partial charge in [0.2, 0.25) is 0 Å². The van der Waals surface area contributed by atoms with Crippen molar-refractivity contribution in [2.75, 3.05) is 11.6 Å². The van der Waals surface area contributed by atoms with Crippen LogP contribution in [-0.4, -0.2) is 14.7 Å². The third-order valence-corrected chi connectivity index (χ3v) is 4.72. The average molecular weight is 303 g/mol. The van der Waals surface area contributed by atoms with Crippen molar-refractivity contribution in [2.45, 2.75) is 32.2 Å². The molecule has 3 nitrogen and oxygen atoms in total. The summed E-state index contributed by atoms with van der Waals surface area (Å²) in [6.45, 7) is 7.06. The maximum absolute atomic E-state index is 11.4. The minimum atomic E-state index is -3.13. The van der Waals surface area contributed by atoms with Crippen LogP contribution >= 0.6 is 0 Å². The lowest BCUT2D eigenvalue weighted by molar-refractivity contribution is 0.602. The molecule has 1 N–H and O–H groups in total. The van der Waals surface area contributed by atoms with Crippen LogP contribution in [0.3, 0.4) is 0 Å². The van der Waals surface area contributed by atoms with Crippen LogP contribution in [0.15, 0.2) is 41.3 Å². The molecule has 0 amide bonds. The summed E-state index contributed by atoms with van der Waals surface area (Å²) in [5, 5.41) is 3.35. The molecule has 0 radical (unpaired) electrons. The summed E-state index contributed by atoms with van der Waals surface area (Å²) in [6, 6.07) is 11.2. The fourth-order valence-electron chi connectivity index (χ4n) is 2.50. The Morgan fingerprint density at radius 3 is 1.95 bits per heavy atom. The van der Waals surface area contributed by atoms with Crippen molar-refractivity contribution in [3.8, 4) is 0 Å². The van der Waals surface area contributed by atoms with E-state index in [2.05, 4.69) is 38.2 Å². The first-order valence-corrected chi connectivity index (χ1v) is 8.77. The number of sulfone groups is 1. The predicted molar refractivity (Wildman–Crippen MR) is 87.5 cm³/mol. The van der Waals surface area contributed by atoms with E-state index in [1.54, 1.807) is 24.3 Å². The molecule has 0 aliphatic carbocycles. The Kier molecular flexibility index (Phi) is 4.37. The van der Waals surface area contributed by atoms with Crippen molar-refractivity contribution in [1.82, 2.24) is 0 Å². The van der Waals surface area contributed by atoms with E-state index in [1.165, 1.54) is 28.5 Å². The Balaban J connectivity index is 2.14. The number of anilines is 1. The normalized spacial score (nSPS) is 11.4. The largest absolute Gasteiger partial charge is 0.381 e. The van der Waals surface area contributed by atoms with E-state index in [9.17, 15) is 8.42 Å². The van der Waals surface area contributed by atoms with E-state index in [0.29, 0.717) is 4.90 Å². The molecule has 2 aromatic rings. The summed E-state index contributed by atoms with van der Waals surface area (Å²) in [6.07, 6.45) is 1.22. The topological polar surface area (TPSA) is 46.2 Å². The molecule has 4 heteroatoms. The first kappa shape index (κ1) is 15.6.